The van der Waals surface area contributed by atoms with Gasteiger partial charge in [0.2, 0.25) is 5.22 Å². The van der Waals surface area contributed by atoms with E-state index in [1.165, 1.54) is 12.7 Å². The van der Waals surface area contributed by atoms with Gasteiger partial charge in [0.25, 0.3) is 5.91 Å². The van der Waals surface area contributed by atoms with E-state index in [0.29, 0.717) is 5.56 Å². The summed E-state index contributed by atoms with van der Waals surface area (Å²) in [6.45, 7) is 5.19. The van der Waals surface area contributed by atoms with Crippen LogP contribution in [0.25, 0.3) is 0 Å². The van der Waals surface area contributed by atoms with Gasteiger partial charge < -0.3 is 14.1 Å². The SMILES string of the molecule is O=C(c1ccoc1Cl)N1CCCCC1CN1CCOCC1. The number of furan rings is 1. The fourth-order valence-electron chi connectivity index (χ4n) is 3.14. The molecule has 2 saturated heterocycles. The van der Waals surface area contributed by atoms with E-state index >= 15 is 0 Å². The van der Waals surface area contributed by atoms with Crippen molar-refractivity contribution in [1.82, 2.24) is 9.80 Å². The number of amides is 1. The lowest BCUT2D eigenvalue weighted by molar-refractivity contribution is 0.0166. The van der Waals surface area contributed by atoms with Crippen LogP contribution in [0, 0.1) is 0 Å². The first kappa shape index (κ1) is 14.9. The number of morpholine rings is 1. The van der Waals surface area contributed by atoms with E-state index in [1.807, 2.05) is 4.90 Å². The molecule has 1 aromatic heterocycles. The van der Waals surface area contributed by atoms with Crippen molar-refractivity contribution in [3.63, 3.8) is 0 Å². The maximum Gasteiger partial charge on any atom is 0.259 e. The van der Waals surface area contributed by atoms with Gasteiger partial charge in [-0.05, 0) is 36.9 Å². The highest BCUT2D eigenvalue weighted by atomic mass is 35.5. The highest BCUT2D eigenvalue weighted by molar-refractivity contribution is 6.32. The molecule has 6 heteroatoms. The maximum absolute atomic E-state index is 12.7. The number of likely N-dealkylation sites (tertiary alicyclic amines) is 1. The van der Waals surface area contributed by atoms with Crippen molar-refractivity contribution in [2.24, 2.45) is 0 Å². The van der Waals surface area contributed by atoms with Crippen LogP contribution in [0.5, 0.6) is 0 Å². The number of rotatable bonds is 3. The zero-order chi connectivity index (χ0) is 14.7. The normalized spacial score (nSPS) is 24.2. The Balaban J connectivity index is 1.69. The summed E-state index contributed by atoms with van der Waals surface area (Å²) in [6.07, 6.45) is 4.76. The van der Waals surface area contributed by atoms with Crippen LogP contribution < -0.4 is 0 Å². The van der Waals surface area contributed by atoms with Gasteiger partial charge in [-0.1, -0.05) is 0 Å². The Hall–Kier alpha value is -1.04. The van der Waals surface area contributed by atoms with Gasteiger partial charge in [0.15, 0.2) is 0 Å². The number of piperidine rings is 1. The molecule has 2 fully saturated rings. The lowest BCUT2D eigenvalue weighted by Crippen LogP contribution is -2.51. The number of halogens is 1. The molecule has 0 saturated carbocycles. The first-order valence-electron chi connectivity index (χ1n) is 7.60. The molecule has 3 heterocycles. The second kappa shape index (κ2) is 6.81. The summed E-state index contributed by atoms with van der Waals surface area (Å²) in [6, 6.07) is 1.92. The summed E-state index contributed by atoms with van der Waals surface area (Å²) in [5, 5.41) is 0.190. The molecule has 1 amide bonds. The average molecular weight is 313 g/mol. The molecule has 0 aliphatic carbocycles. The van der Waals surface area contributed by atoms with Gasteiger partial charge in [0.1, 0.15) is 0 Å². The number of ether oxygens (including phenoxy) is 1. The molecule has 0 N–H and O–H groups in total. The minimum Gasteiger partial charge on any atom is -0.452 e. The van der Waals surface area contributed by atoms with Gasteiger partial charge >= 0.3 is 0 Å². The fourth-order valence-corrected chi connectivity index (χ4v) is 3.34. The number of hydrogen-bond acceptors (Lipinski definition) is 4. The summed E-state index contributed by atoms with van der Waals surface area (Å²) in [5.41, 5.74) is 0.477. The topological polar surface area (TPSA) is 45.9 Å². The molecular weight excluding hydrogens is 292 g/mol. The molecule has 1 atom stereocenters. The van der Waals surface area contributed by atoms with Crippen molar-refractivity contribution >= 4 is 17.5 Å². The Morgan fingerprint density at radius 2 is 2.10 bits per heavy atom. The van der Waals surface area contributed by atoms with Crippen LogP contribution in [0.4, 0.5) is 0 Å². The molecule has 0 bridgehead atoms. The second-order valence-electron chi connectivity index (χ2n) is 5.67. The molecule has 21 heavy (non-hydrogen) atoms. The largest absolute Gasteiger partial charge is 0.452 e. The molecule has 1 unspecified atom stereocenters. The van der Waals surface area contributed by atoms with Gasteiger partial charge in [0, 0.05) is 32.2 Å². The summed E-state index contributed by atoms with van der Waals surface area (Å²) >= 11 is 5.95. The summed E-state index contributed by atoms with van der Waals surface area (Å²) < 4.78 is 10.4. The van der Waals surface area contributed by atoms with Crippen molar-refractivity contribution in [1.29, 1.82) is 0 Å². The van der Waals surface area contributed by atoms with Crippen molar-refractivity contribution < 1.29 is 13.9 Å². The van der Waals surface area contributed by atoms with E-state index in [2.05, 4.69) is 4.90 Å². The van der Waals surface area contributed by atoms with Gasteiger partial charge in [-0.3, -0.25) is 9.69 Å². The number of carbonyl (C=O) groups excluding carboxylic acids is 1. The van der Waals surface area contributed by atoms with E-state index in [0.717, 1.165) is 52.2 Å². The summed E-state index contributed by atoms with van der Waals surface area (Å²) in [4.78, 5) is 17.0. The number of hydrogen-bond donors (Lipinski definition) is 0. The zero-order valence-corrected chi connectivity index (χ0v) is 12.8. The molecular formula is C15H21ClN2O3. The molecule has 2 aliphatic heterocycles. The third kappa shape index (κ3) is 3.42. The zero-order valence-electron chi connectivity index (χ0n) is 12.1. The Labute approximate surface area is 129 Å². The van der Waals surface area contributed by atoms with Crippen LogP contribution in [0.15, 0.2) is 16.7 Å². The van der Waals surface area contributed by atoms with E-state index in [9.17, 15) is 4.79 Å². The Kier molecular flexibility index (Phi) is 4.83. The van der Waals surface area contributed by atoms with Crippen LogP contribution in [-0.4, -0.2) is 61.1 Å². The molecule has 5 nitrogen and oxygen atoms in total. The standard InChI is InChI=1S/C15H21ClN2O3/c16-14-13(4-8-21-14)15(19)18-5-2-1-3-12(18)11-17-6-9-20-10-7-17/h4,8,12H,1-3,5-7,9-11H2. The Bertz CT molecular complexity index is 485. The van der Waals surface area contributed by atoms with Gasteiger partial charge in [-0.15, -0.1) is 0 Å². The van der Waals surface area contributed by atoms with Crippen LogP contribution in [0.2, 0.25) is 5.22 Å². The third-order valence-electron chi connectivity index (χ3n) is 4.31. The quantitative estimate of drug-likeness (QED) is 0.859. The molecule has 0 aromatic carbocycles. The maximum atomic E-state index is 12.7. The number of nitrogens with zero attached hydrogens (tertiary/aromatic N) is 2. The molecule has 0 radical (unpaired) electrons. The van der Waals surface area contributed by atoms with Gasteiger partial charge in [-0.25, -0.2) is 0 Å². The lowest BCUT2D eigenvalue weighted by Gasteiger charge is -2.39. The third-order valence-corrected chi connectivity index (χ3v) is 4.60. The van der Waals surface area contributed by atoms with Crippen molar-refractivity contribution in [2.45, 2.75) is 25.3 Å². The lowest BCUT2D eigenvalue weighted by atomic mass is 10.0. The second-order valence-corrected chi connectivity index (χ2v) is 6.01. The van der Waals surface area contributed by atoms with Crippen molar-refractivity contribution in [3.05, 3.63) is 23.1 Å². The van der Waals surface area contributed by atoms with Crippen molar-refractivity contribution in [2.75, 3.05) is 39.4 Å². The van der Waals surface area contributed by atoms with Gasteiger partial charge in [-0.2, -0.15) is 0 Å². The fraction of sp³-hybridized carbons (Fsp3) is 0.667. The molecule has 0 spiro atoms. The van der Waals surface area contributed by atoms with Crippen LogP contribution in [0.1, 0.15) is 29.6 Å². The van der Waals surface area contributed by atoms with Crippen LogP contribution >= 0.6 is 11.6 Å². The predicted octanol–water partition coefficient (Wildman–Crippen LogP) is 2.26. The molecule has 3 rings (SSSR count). The predicted molar refractivity (Wildman–Crippen MR) is 79.7 cm³/mol. The van der Waals surface area contributed by atoms with E-state index in [4.69, 9.17) is 20.8 Å². The first-order chi connectivity index (χ1) is 10.3. The Morgan fingerprint density at radius 1 is 1.29 bits per heavy atom. The molecule has 2 aliphatic rings. The summed E-state index contributed by atoms with van der Waals surface area (Å²) in [5.74, 6) is -0.00768. The van der Waals surface area contributed by atoms with E-state index in [1.54, 1.807) is 6.07 Å². The molecule has 1 aromatic rings. The van der Waals surface area contributed by atoms with Gasteiger partial charge in [0.05, 0.1) is 25.0 Å². The van der Waals surface area contributed by atoms with Crippen LogP contribution in [-0.2, 0) is 4.74 Å². The minimum absolute atomic E-state index is 0.00768. The van der Waals surface area contributed by atoms with E-state index in [-0.39, 0.29) is 17.2 Å². The smallest absolute Gasteiger partial charge is 0.259 e. The molecule has 116 valence electrons. The monoisotopic (exact) mass is 312 g/mol. The van der Waals surface area contributed by atoms with E-state index < -0.39 is 0 Å². The average Bonchev–Trinajstić information content (AvgIpc) is 2.94. The highest BCUT2D eigenvalue weighted by Crippen LogP contribution is 2.24. The van der Waals surface area contributed by atoms with Crippen LogP contribution in [0.3, 0.4) is 0 Å². The number of carbonyl (C=O) groups is 1. The highest BCUT2D eigenvalue weighted by Gasteiger charge is 2.30. The first-order valence-corrected chi connectivity index (χ1v) is 7.97. The minimum atomic E-state index is -0.00768. The summed E-state index contributed by atoms with van der Waals surface area (Å²) in [7, 11) is 0. The Morgan fingerprint density at radius 3 is 2.81 bits per heavy atom. The van der Waals surface area contributed by atoms with Crippen molar-refractivity contribution in [3.8, 4) is 0 Å².